The van der Waals surface area contributed by atoms with Crippen molar-refractivity contribution in [1.29, 1.82) is 0 Å². The lowest BCUT2D eigenvalue weighted by atomic mass is 9.93. The number of halogens is 2. The minimum absolute atomic E-state index is 0.341. The van der Waals surface area contributed by atoms with Crippen molar-refractivity contribution in [1.82, 2.24) is 0 Å². The van der Waals surface area contributed by atoms with Crippen LogP contribution in [0.15, 0.2) is 52.9 Å². The molecule has 0 aliphatic carbocycles. The molecule has 2 aromatic carbocycles. The number of hydrogen-bond donors (Lipinski definition) is 1. The van der Waals surface area contributed by atoms with E-state index in [1.165, 1.54) is 12.1 Å². The van der Waals surface area contributed by atoms with Crippen molar-refractivity contribution in [2.45, 2.75) is 12.5 Å². The highest BCUT2D eigenvalue weighted by molar-refractivity contribution is 6.30. The van der Waals surface area contributed by atoms with Gasteiger partial charge in [-0.1, -0.05) is 23.7 Å². The summed E-state index contributed by atoms with van der Waals surface area (Å²) in [6.07, 6.45) is 0. The van der Waals surface area contributed by atoms with Gasteiger partial charge in [0.05, 0.1) is 0 Å². The molecule has 0 aliphatic heterocycles. The Bertz CT molecular complexity index is 777. The van der Waals surface area contributed by atoms with Crippen LogP contribution in [0.4, 0.5) is 4.39 Å². The van der Waals surface area contributed by atoms with Crippen molar-refractivity contribution >= 4 is 22.6 Å². The molecule has 3 rings (SSSR count). The van der Waals surface area contributed by atoms with Gasteiger partial charge in [0, 0.05) is 10.4 Å². The molecule has 3 aromatic rings. The van der Waals surface area contributed by atoms with Gasteiger partial charge in [-0.25, -0.2) is 4.39 Å². The standard InChI is InChI=1S/C16H12ClFO2/c1-16(19,11-3-2-4-12(17)9-11)15-8-10-7-13(18)5-6-14(10)20-15/h2-9,19H,1H3. The van der Waals surface area contributed by atoms with Gasteiger partial charge in [0.1, 0.15) is 22.8 Å². The number of benzene rings is 2. The van der Waals surface area contributed by atoms with Crippen LogP contribution in [0.25, 0.3) is 11.0 Å². The average molecular weight is 291 g/mol. The van der Waals surface area contributed by atoms with Crippen LogP contribution in [0.3, 0.4) is 0 Å². The van der Waals surface area contributed by atoms with E-state index in [1.807, 2.05) is 0 Å². The Balaban J connectivity index is 2.13. The molecule has 0 spiro atoms. The Morgan fingerprint density at radius 2 is 1.95 bits per heavy atom. The first-order chi connectivity index (χ1) is 9.46. The molecule has 0 aliphatic rings. The summed E-state index contributed by atoms with van der Waals surface area (Å²) in [5.74, 6) is 0.00705. The van der Waals surface area contributed by atoms with Crippen LogP contribution >= 0.6 is 11.6 Å². The van der Waals surface area contributed by atoms with E-state index in [0.29, 0.717) is 27.3 Å². The number of fused-ring (bicyclic) bond motifs is 1. The van der Waals surface area contributed by atoms with Crippen molar-refractivity contribution in [3.8, 4) is 0 Å². The van der Waals surface area contributed by atoms with Crippen LogP contribution in [-0.2, 0) is 5.60 Å². The molecular formula is C16H12ClFO2. The maximum Gasteiger partial charge on any atom is 0.144 e. The van der Waals surface area contributed by atoms with Crippen molar-refractivity contribution in [3.05, 3.63) is 70.7 Å². The number of rotatable bonds is 2. The zero-order valence-corrected chi connectivity index (χ0v) is 11.5. The van der Waals surface area contributed by atoms with E-state index in [0.717, 1.165) is 0 Å². The third-order valence-electron chi connectivity index (χ3n) is 3.34. The summed E-state index contributed by atoms with van der Waals surface area (Å²) in [6.45, 7) is 1.62. The molecule has 0 fully saturated rings. The molecule has 0 saturated heterocycles. The van der Waals surface area contributed by atoms with Gasteiger partial charge in [0.2, 0.25) is 0 Å². The van der Waals surface area contributed by atoms with Crippen molar-refractivity contribution in [2.24, 2.45) is 0 Å². The van der Waals surface area contributed by atoms with Gasteiger partial charge in [0.15, 0.2) is 0 Å². The molecule has 0 bridgehead atoms. The van der Waals surface area contributed by atoms with Crippen LogP contribution in [-0.4, -0.2) is 5.11 Å². The molecule has 2 nitrogen and oxygen atoms in total. The summed E-state index contributed by atoms with van der Waals surface area (Å²) >= 11 is 5.95. The van der Waals surface area contributed by atoms with Gasteiger partial charge < -0.3 is 9.52 Å². The fraction of sp³-hybridized carbons (Fsp3) is 0.125. The molecule has 0 saturated carbocycles. The predicted molar refractivity (Wildman–Crippen MR) is 76.3 cm³/mol. The quantitative estimate of drug-likeness (QED) is 0.755. The number of aliphatic hydroxyl groups is 1. The summed E-state index contributed by atoms with van der Waals surface area (Å²) in [6, 6.07) is 12.8. The van der Waals surface area contributed by atoms with E-state index in [1.54, 1.807) is 43.3 Å². The van der Waals surface area contributed by atoms with E-state index >= 15 is 0 Å². The van der Waals surface area contributed by atoms with E-state index in [2.05, 4.69) is 0 Å². The molecule has 1 N–H and O–H groups in total. The minimum Gasteiger partial charge on any atom is -0.458 e. The second-order valence-electron chi connectivity index (χ2n) is 4.88. The molecule has 20 heavy (non-hydrogen) atoms. The third kappa shape index (κ3) is 2.19. The monoisotopic (exact) mass is 290 g/mol. The topological polar surface area (TPSA) is 33.4 Å². The van der Waals surface area contributed by atoms with Crippen LogP contribution in [0.1, 0.15) is 18.2 Å². The highest BCUT2D eigenvalue weighted by atomic mass is 35.5. The zero-order chi connectivity index (χ0) is 14.3. The van der Waals surface area contributed by atoms with Gasteiger partial charge in [0.25, 0.3) is 0 Å². The normalized spacial score (nSPS) is 14.4. The Morgan fingerprint density at radius 3 is 2.70 bits per heavy atom. The first kappa shape index (κ1) is 13.2. The Morgan fingerprint density at radius 1 is 1.15 bits per heavy atom. The first-order valence-corrected chi connectivity index (χ1v) is 6.52. The SMILES string of the molecule is CC(O)(c1cccc(Cl)c1)c1cc2cc(F)ccc2o1. The second kappa shape index (κ2) is 4.62. The molecule has 102 valence electrons. The first-order valence-electron chi connectivity index (χ1n) is 6.15. The van der Waals surface area contributed by atoms with Crippen molar-refractivity contribution < 1.29 is 13.9 Å². The van der Waals surface area contributed by atoms with Crippen molar-refractivity contribution in [2.75, 3.05) is 0 Å². The molecular weight excluding hydrogens is 279 g/mol. The molecule has 1 atom stereocenters. The number of furan rings is 1. The van der Waals surface area contributed by atoms with E-state index in [-0.39, 0.29) is 5.82 Å². The van der Waals surface area contributed by atoms with Gasteiger partial charge in [-0.15, -0.1) is 0 Å². The van der Waals surface area contributed by atoms with Crippen LogP contribution in [0.2, 0.25) is 5.02 Å². The third-order valence-corrected chi connectivity index (χ3v) is 3.58. The molecule has 0 radical (unpaired) electrons. The predicted octanol–water partition coefficient (Wildman–Crippen LogP) is 4.48. The molecule has 1 unspecified atom stereocenters. The lowest BCUT2D eigenvalue weighted by Gasteiger charge is -2.21. The highest BCUT2D eigenvalue weighted by Gasteiger charge is 2.30. The Labute approximate surface area is 120 Å². The maximum atomic E-state index is 13.2. The van der Waals surface area contributed by atoms with E-state index < -0.39 is 5.60 Å². The lowest BCUT2D eigenvalue weighted by Crippen LogP contribution is -2.21. The molecule has 4 heteroatoms. The zero-order valence-electron chi connectivity index (χ0n) is 10.7. The van der Waals surface area contributed by atoms with Crippen molar-refractivity contribution in [3.63, 3.8) is 0 Å². The smallest absolute Gasteiger partial charge is 0.144 e. The number of hydrogen-bond acceptors (Lipinski definition) is 2. The van der Waals surface area contributed by atoms with E-state index in [4.69, 9.17) is 16.0 Å². The van der Waals surface area contributed by atoms with Gasteiger partial charge >= 0.3 is 0 Å². The molecule has 0 amide bonds. The van der Waals surface area contributed by atoms with Crippen LogP contribution in [0.5, 0.6) is 0 Å². The fourth-order valence-electron chi connectivity index (χ4n) is 2.19. The van der Waals surface area contributed by atoms with Gasteiger partial charge in [-0.05, 0) is 48.9 Å². The Kier molecular flexibility index (Phi) is 3.04. The highest BCUT2D eigenvalue weighted by Crippen LogP contribution is 2.34. The maximum absolute atomic E-state index is 13.2. The Hall–Kier alpha value is -1.84. The fourth-order valence-corrected chi connectivity index (χ4v) is 2.38. The molecule has 1 heterocycles. The minimum atomic E-state index is -1.33. The van der Waals surface area contributed by atoms with E-state index in [9.17, 15) is 9.50 Å². The summed E-state index contributed by atoms with van der Waals surface area (Å²) in [5, 5.41) is 11.9. The summed E-state index contributed by atoms with van der Waals surface area (Å²) < 4.78 is 18.8. The summed E-state index contributed by atoms with van der Waals surface area (Å²) in [4.78, 5) is 0. The molecule has 1 aromatic heterocycles. The van der Waals surface area contributed by atoms with Gasteiger partial charge in [-0.2, -0.15) is 0 Å². The second-order valence-corrected chi connectivity index (χ2v) is 5.31. The average Bonchev–Trinajstić information content (AvgIpc) is 2.82. The summed E-state index contributed by atoms with van der Waals surface area (Å²) in [7, 11) is 0. The van der Waals surface area contributed by atoms with Gasteiger partial charge in [-0.3, -0.25) is 0 Å². The lowest BCUT2D eigenvalue weighted by molar-refractivity contribution is 0.0786. The summed E-state index contributed by atoms with van der Waals surface area (Å²) in [5.41, 5.74) is -0.186. The largest absolute Gasteiger partial charge is 0.458 e. The van der Waals surface area contributed by atoms with Crippen LogP contribution in [0, 0.1) is 5.82 Å². The van der Waals surface area contributed by atoms with Crippen LogP contribution < -0.4 is 0 Å².